The molecular formula is C20H28N2O3S. The molecule has 0 saturated heterocycles. The third-order valence-corrected chi connectivity index (χ3v) is 6.59. The monoisotopic (exact) mass is 376 g/mol. The summed E-state index contributed by atoms with van der Waals surface area (Å²) >= 11 is 0. The number of hydrogen-bond donors (Lipinski definition) is 2. The van der Waals surface area contributed by atoms with Crippen LogP contribution in [0.1, 0.15) is 44.0 Å². The predicted octanol–water partition coefficient (Wildman–Crippen LogP) is 3.10. The lowest BCUT2D eigenvalue weighted by Gasteiger charge is -2.20. The zero-order valence-electron chi connectivity index (χ0n) is 15.6. The van der Waals surface area contributed by atoms with Gasteiger partial charge in [-0.1, -0.05) is 56.3 Å². The zero-order chi connectivity index (χ0) is 19.2. The van der Waals surface area contributed by atoms with Gasteiger partial charge in [-0.15, -0.1) is 0 Å². The average Bonchev–Trinajstić information content (AvgIpc) is 2.67. The Balaban J connectivity index is 2.01. The quantitative estimate of drug-likeness (QED) is 0.706. The minimum Gasteiger partial charge on any atom is -0.387 e. The summed E-state index contributed by atoms with van der Waals surface area (Å²) in [5, 5.41) is 13.5. The highest BCUT2D eigenvalue weighted by molar-refractivity contribution is 7.89. The van der Waals surface area contributed by atoms with Gasteiger partial charge in [-0.2, -0.15) is 4.31 Å². The second kappa shape index (κ2) is 9.28. The van der Waals surface area contributed by atoms with Gasteiger partial charge in [-0.3, -0.25) is 0 Å². The number of nitrogens with one attached hydrogen (secondary N) is 1. The van der Waals surface area contributed by atoms with Gasteiger partial charge in [0.25, 0.3) is 0 Å². The number of aliphatic hydroxyl groups is 1. The predicted molar refractivity (Wildman–Crippen MR) is 104 cm³/mol. The van der Waals surface area contributed by atoms with Crippen LogP contribution in [-0.4, -0.2) is 37.5 Å². The molecule has 0 radical (unpaired) electrons. The van der Waals surface area contributed by atoms with Crippen LogP contribution in [0.15, 0.2) is 59.5 Å². The molecule has 0 bridgehead atoms. The van der Waals surface area contributed by atoms with Crippen molar-refractivity contribution < 1.29 is 13.5 Å². The summed E-state index contributed by atoms with van der Waals surface area (Å²) in [6.07, 6.45) is -0.582. The second-order valence-corrected chi connectivity index (χ2v) is 8.15. The Morgan fingerprint density at radius 1 is 0.962 bits per heavy atom. The van der Waals surface area contributed by atoms with Crippen LogP contribution in [-0.2, 0) is 10.0 Å². The molecule has 2 N–H and O–H groups in total. The SMILES string of the molecule is CCN(CC)S(=O)(=O)c1ccc([C@@H](C)NC[C@@H](O)c2ccccc2)cc1. The van der Waals surface area contributed by atoms with Crippen molar-refractivity contribution in [3.8, 4) is 0 Å². The van der Waals surface area contributed by atoms with Crippen molar-refractivity contribution in [3.63, 3.8) is 0 Å². The molecule has 0 saturated carbocycles. The molecule has 2 aromatic carbocycles. The van der Waals surface area contributed by atoms with E-state index in [0.29, 0.717) is 24.5 Å². The molecule has 142 valence electrons. The van der Waals surface area contributed by atoms with Crippen LogP contribution in [0.4, 0.5) is 0 Å². The number of hydrogen-bond acceptors (Lipinski definition) is 4. The van der Waals surface area contributed by atoms with Crippen LogP contribution in [0.2, 0.25) is 0 Å². The Morgan fingerprint density at radius 2 is 1.54 bits per heavy atom. The Bertz CT molecular complexity index is 772. The molecule has 0 heterocycles. The van der Waals surface area contributed by atoms with E-state index < -0.39 is 16.1 Å². The van der Waals surface area contributed by atoms with E-state index in [2.05, 4.69) is 5.32 Å². The van der Waals surface area contributed by atoms with E-state index >= 15 is 0 Å². The van der Waals surface area contributed by atoms with Gasteiger partial charge in [0, 0.05) is 25.7 Å². The largest absolute Gasteiger partial charge is 0.387 e. The van der Waals surface area contributed by atoms with Crippen molar-refractivity contribution in [1.82, 2.24) is 9.62 Å². The minimum absolute atomic E-state index is 0.00132. The van der Waals surface area contributed by atoms with Crippen molar-refractivity contribution >= 4 is 10.0 Å². The summed E-state index contributed by atoms with van der Waals surface area (Å²) in [6.45, 7) is 6.99. The van der Waals surface area contributed by atoms with Gasteiger partial charge in [-0.25, -0.2) is 8.42 Å². The fourth-order valence-electron chi connectivity index (χ4n) is 2.84. The van der Waals surface area contributed by atoms with Gasteiger partial charge in [0.1, 0.15) is 0 Å². The fourth-order valence-corrected chi connectivity index (χ4v) is 4.30. The van der Waals surface area contributed by atoms with E-state index in [1.165, 1.54) is 4.31 Å². The van der Waals surface area contributed by atoms with Gasteiger partial charge >= 0.3 is 0 Å². The third-order valence-electron chi connectivity index (χ3n) is 4.53. The second-order valence-electron chi connectivity index (χ2n) is 6.21. The molecule has 0 fully saturated rings. The number of nitrogens with zero attached hydrogens (tertiary/aromatic N) is 1. The highest BCUT2D eigenvalue weighted by atomic mass is 32.2. The van der Waals surface area contributed by atoms with Crippen molar-refractivity contribution in [1.29, 1.82) is 0 Å². The number of sulfonamides is 1. The summed E-state index contributed by atoms with van der Waals surface area (Å²) in [4.78, 5) is 0.307. The summed E-state index contributed by atoms with van der Waals surface area (Å²) < 4.78 is 26.5. The van der Waals surface area contributed by atoms with Crippen molar-refractivity contribution in [2.45, 2.75) is 37.8 Å². The van der Waals surface area contributed by atoms with Crippen molar-refractivity contribution in [2.24, 2.45) is 0 Å². The van der Waals surface area contributed by atoms with Crippen LogP contribution in [0.25, 0.3) is 0 Å². The van der Waals surface area contributed by atoms with Crippen molar-refractivity contribution in [2.75, 3.05) is 19.6 Å². The van der Waals surface area contributed by atoms with Crippen LogP contribution < -0.4 is 5.32 Å². The van der Waals surface area contributed by atoms with Gasteiger partial charge < -0.3 is 10.4 Å². The van der Waals surface area contributed by atoms with Gasteiger partial charge in [0.05, 0.1) is 11.0 Å². The molecule has 0 aliphatic rings. The highest BCUT2D eigenvalue weighted by Gasteiger charge is 2.21. The number of aliphatic hydroxyl groups excluding tert-OH is 1. The molecule has 2 atom stereocenters. The molecule has 2 aromatic rings. The van der Waals surface area contributed by atoms with E-state index in [1.54, 1.807) is 12.1 Å². The molecule has 2 rings (SSSR count). The summed E-state index contributed by atoms with van der Waals surface area (Å²) in [5.74, 6) is 0. The summed E-state index contributed by atoms with van der Waals surface area (Å²) in [6, 6.07) is 16.4. The maximum atomic E-state index is 12.5. The molecule has 0 unspecified atom stereocenters. The normalized spacial score (nSPS) is 14.3. The van der Waals surface area contributed by atoms with E-state index in [4.69, 9.17) is 0 Å². The first kappa shape index (κ1) is 20.6. The number of rotatable bonds is 9. The van der Waals surface area contributed by atoms with Gasteiger partial charge in [-0.05, 0) is 30.2 Å². The Morgan fingerprint density at radius 3 is 2.08 bits per heavy atom. The molecule has 0 aliphatic carbocycles. The zero-order valence-corrected chi connectivity index (χ0v) is 16.4. The van der Waals surface area contributed by atoms with E-state index in [1.807, 2.05) is 63.2 Å². The Hall–Kier alpha value is -1.73. The van der Waals surface area contributed by atoms with Crippen LogP contribution in [0.3, 0.4) is 0 Å². The topological polar surface area (TPSA) is 69.6 Å². The maximum Gasteiger partial charge on any atom is 0.243 e. The Kier molecular flexibility index (Phi) is 7.34. The molecule has 5 nitrogen and oxygen atoms in total. The minimum atomic E-state index is -3.43. The Labute approximate surface area is 156 Å². The molecule has 0 spiro atoms. The lowest BCUT2D eigenvalue weighted by molar-refractivity contribution is 0.171. The van der Waals surface area contributed by atoms with Crippen LogP contribution in [0.5, 0.6) is 0 Å². The highest BCUT2D eigenvalue weighted by Crippen LogP contribution is 2.20. The fraction of sp³-hybridized carbons (Fsp3) is 0.400. The van der Waals surface area contributed by atoms with Gasteiger partial charge in [0.15, 0.2) is 0 Å². The van der Waals surface area contributed by atoms with E-state index in [0.717, 1.165) is 11.1 Å². The lowest BCUT2D eigenvalue weighted by atomic mass is 10.1. The van der Waals surface area contributed by atoms with Crippen LogP contribution >= 0.6 is 0 Å². The molecule has 0 aliphatic heterocycles. The first-order valence-electron chi connectivity index (χ1n) is 8.96. The van der Waals surface area contributed by atoms with E-state index in [9.17, 15) is 13.5 Å². The third kappa shape index (κ3) is 4.92. The molecule has 0 aromatic heterocycles. The molecule has 0 amide bonds. The maximum absolute atomic E-state index is 12.5. The lowest BCUT2D eigenvalue weighted by Crippen LogP contribution is -2.30. The summed E-state index contributed by atoms with van der Waals surface area (Å²) in [5.41, 5.74) is 1.84. The molecule has 26 heavy (non-hydrogen) atoms. The average molecular weight is 377 g/mol. The smallest absolute Gasteiger partial charge is 0.243 e. The standard InChI is InChI=1S/C20H28N2O3S/c1-4-22(5-2)26(24,25)19-13-11-17(12-14-19)16(3)21-15-20(23)18-9-7-6-8-10-18/h6-14,16,20-21,23H,4-5,15H2,1-3H3/t16-,20-/m1/s1. The molecular weight excluding hydrogens is 348 g/mol. The van der Waals surface area contributed by atoms with E-state index in [-0.39, 0.29) is 6.04 Å². The van der Waals surface area contributed by atoms with Gasteiger partial charge in [0.2, 0.25) is 10.0 Å². The van der Waals surface area contributed by atoms with Crippen LogP contribution in [0, 0.1) is 0 Å². The first-order chi connectivity index (χ1) is 12.4. The number of benzene rings is 2. The van der Waals surface area contributed by atoms with Crippen molar-refractivity contribution in [3.05, 3.63) is 65.7 Å². The molecule has 6 heteroatoms. The summed E-state index contributed by atoms with van der Waals surface area (Å²) in [7, 11) is -3.43. The first-order valence-corrected chi connectivity index (χ1v) is 10.4.